The largest absolute Gasteiger partial charge is 0.352 e. The standard InChI is InChI=1S/C30H36ClN3O4S/c1-5-28(30(36)32-22(2)3)33(19-18-24-11-7-6-8-12-24)29(35)21-34(26-13-9-10-23(4)20-26)39(37,38)27-16-14-25(31)15-17-27/h6-17,20,22,28H,5,18-19,21H2,1-4H3,(H,32,36)/t28-/m0/s1. The van der Waals surface area contributed by atoms with Crippen molar-refractivity contribution in [1.82, 2.24) is 10.2 Å². The average Bonchev–Trinajstić information content (AvgIpc) is 2.89. The van der Waals surface area contributed by atoms with Crippen molar-refractivity contribution in [1.29, 1.82) is 0 Å². The lowest BCUT2D eigenvalue weighted by atomic mass is 10.1. The van der Waals surface area contributed by atoms with Crippen LogP contribution in [-0.2, 0) is 26.0 Å². The van der Waals surface area contributed by atoms with Crippen LogP contribution in [0.3, 0.4) is 0 Å². The lowest BCUT2D eigenvalue weighted by Crippen LogP contribution is -2.54. The summed E-state index contributed by atoms with van der Waals surface area (Å²) in [6, 6.07) is 21.6. The van der Waals surface area contributed by atoms with E-state index in [2.05, 4.69) is 5.32 Å². The second-order valence-electron chi connectivity index (χ2n) is 9.71. The van der Waals surface area contributed by atoms with Gasteiger partial charge in [0.2, 0.25) is 11.8 Å². The molecule has 0 unspecified atom stereocenters. The van der Waals surface area contributed by atoms with Crippen LogP contribution in [0.4, 0.5) is 5.69 Å². The first kappa shape index (κ1) is 30.2. The Morgan fingerprint density at radius 2 is 1.62 bits per heavy atom. The van der Waals surface area contributed by atoms with Crippen LogP contribution >= 0.6 is 11.6 Å². The molecule has 7 nitrogen and oxygen atoms in total. The molecule has 0 radical (unpaired) electrons. The number of nitrogens with one attached hydrogen (secondary N) is 1. The van der Waals surface area contributed by atoms with Crippen LogP contribution in [0.5, 0.6) is 0 Å². The molecule has 0 saturated carbocycles. The van der Waals surface area contributed by atoms with E-state index in [1.165, 1.54) is 29.2 Å². The van der Waals surface area contributed by atoms with Crippen molar-refractivity contribution in [3.8, 4) is 0 Å². The van der Waals surface area contributed by atoms with E-state index < -0.39 is 28.5 Å². The maximum atomic E-state index is 14.0. The van der Waals surface area contributed by atoms with Crippen LogP contribution in [0.1, 0.15) is 38.3 Å². The summed E-state index contributed by atoms with van der Waals surface area (Å²) in [5.74, 6) is -0.729. The number of amides is 2. The van der Waals surface area contributed by atoms with Crippen LogP contribution < -0.4 is 9.62 Å². The highest BCUT2D eigenvalue weighted by molar-refractivity contribution is 7.92. The molecule has 1 N–H and O–H groups in total. The predicted octanol–water partition coefficient (Wildman–Crippen LogP) is 5.22. The number of rotatable bonds is 12. The van der Waals surface area contributed by atoms with Gasteiger partial charge in [0.1, 0.15) is 12.6 Å². The number of hydrogen-bond acceptors (Lipinski definition) is 4. The molecule has 0 heterocycles. The Morgan fingerprint density at radius 3 is 2.21 bits per heavy atom. The fourth-order valence-electron chi connectivity index (χ4n) is 4.32. The number of aryl methyl sites for hydroxylation is 1. The monoisotopic (exact) mass is 569 g/mol. The summed E-state index contributed by atoms with van der Waals surface area (Å²) in [6.45, 7) is 7.21. The minimum Gasteiger partial charge on any atom is -0.352 e. The van der Waals surface area contributed by atoms with Gasteiger partial charge in [-0.2, -0.15) is 0 Å². The molecule has 0 spiro atoms. The van der Waals surface area contributed by atoms with Gasteiger partial charge >= 0.3 is 0 Å². The molecule has 39 heavy (non-hydrogen) atoms. The zero-order valence-electron chi connectivity index (χ0n) is 22.8. The number of nitrogens with zero attached hydrogens (tertiary/aromatic N) is 2. The second kappa shape index (κ2) is 13.6. The predicted molar refractivity (Wildman–Crippen MR) is 156 cm³/mol. The Morgan fingerprint density at radius 1 is 0.949 bits per heavy atom. The molecule has 2 amide bonds. The summed E-state index contributed by atoms with van der Waals surface area (Å²) in [5, 5.41) is 3.31. The Kier molecular flexibility index (Phi) is 10.5. The quantitative estimate of drug-likeness (QED) is 0.324. The van der Waals surface area contributed by atoms with Crippen molar-refractivity contribution < 1.29 is 18.0 Å². The zero-order chi connectivity index (χ0) is 28.6. The third-order valence-corrected chi connectivity index (χ3v) is 8.31. The van der Waals surface area contributed by atoms with E-state index in [0.29, 0.717) is 23.6 Å². The molecule has 9 heteroatoms. The number of hydrogen-bond donors (Lipinski definition) is 1. The Labute approximate surface area is 236 Å². The van der Waals surface area contributed by atoms with Gasteiger partial charge in [-0.05, 0) is 81.1 Å². The van der Waals surface area contributed by atoms with Crippen molar-refractivity contribution in [2.45, 2.75) is 57.5 Å². The zero-order valence-corrected chi connectivity index (χ0v) is 24.4. The molecule has 3 aromatic carbocycles. The van der Waals surface area contributed by atoms with E-state index in [1.54, 1.807) is 18.2 Å². The number of carbonyl (C=O) groups excluding carboxylic acids is 2. The summed E-state index contributed by atoms with van der Waals surface area (Å²) in [4.78, 5) is 28.6. The van der Waals surface area contributed by atoms with Crippen LogP contribution in [0.2, 0.25) is 5.02 Å². The molecule has 208 valence electrons. The Hall–Kier alpha value is -3.36. The van der Waals surface area contributed by atoms with E-state index in [-0.39, 0.29) is 23.4 Å². The molecule has 3 rings (SSSR count). The number of carbonyl (C=O) groups is 2. The minimum atomic E-state index is -4.13. The topological polar surface area (TPSA) is 86.8 Å². The summed E-state index contributed by atoms with van der Waals surface area (Å²) < 4.78 is 28.8. The van der Waals surface area contributed by atoms with Crippen molar-refractivity contribution in [3.05, 3.63) is 95.0 Å². The van der Waals surface area contributed by atoms with Gasteiger partial charge in [0, 0.05) is 17.6 Å². The van der Waals surface area contributed by atoms with Crippen molar-refractivity contribution >= 4 is 39.1 Å². The van der Waals surface area contributed by atoms with E-state index in [4.69, 9.17) is 11.6 Å². The van der Waals surface area contributed by atoms with Gasteiger partial charge in [-0.25, -0.2) is 8.42 Å². The molecule has 0 aliphatic rings. The molecule has 0 aromatic heterocycles. The number of halogens is 1. The third-order valence-electron chi connectivity index (χ3n) is 6.27. The first-order chi connectivity index (χ1) is 18.5. The molecule has 3 aromatic rings. The molecule has 0 fully saturated rings. The Balaban J connectivity index is 2.01. The fourth-order valence-corrected chi connectivity index (χ4v) is 5.85. The van der Waals surface area contributed by atoms with Crippen LogP contribution in [0.15, 0.2) is 83.8 Å². The maximum absolute atomic E-state index is 14.0. The fraction of sp³-hybridized carbons (Fsp3) is 0.333. The van der Waals surface area contributed by atoms with Gasteiger partial charge < -0.3 is 10.2 Å². The minimum absolute atomic E-state index is 0.0154. The second-order valence-corrected chi connectivity index (χ2v) is 12.0. The van der Waals surface area contributed by atoms with E-state index in [0.717, 1.165) is 15.4 Å². The maximum Gasteiger partial charge on any atom is 0.264 e. The average molecular weight is 570 g/mol. The van der Waals surface area contributed by atoms with Gasteiger partial charge in [0.15, 0.2) is 0 Å². The molecule has 0 bridgehead atoms. The third kappa shape index (κ3) is 8.07. The van der Waals surface area contributed by atoms with E-state index >= 15 is 0 Å². The van der Waals surface area contributed by atoms with Crippen LogP contribution in [0, 0.1) is 6.92 Å². The first-order valence-corrected chi connectivity index (χ1v) is 14.8. The SMILES string of the molecule is CC[C@@H](C(=O)NC(C)C)N(CCc1ccccc1)C(=O)CN(c1cccc(C)c1)S(=O)(=O)c1ccc(Cl)cc1. The summed E-state index contributed by atoms with van der Waals surface area (Å²) in [5.41, 5.74) is 2.22. The lowest BCUT2D eigenvalue weighted by Gasteiger charge is -2.33. The number of benzene rings is 3. The summed E-state index contributed by atoms with van der Waals surface area (Å²) >= 11 is 6.00. The highest BCUT2D eigenvalue weighted by Gasteiger charge is 2.33. The Bertz CT molecular complexity index is 1360. The van der Waals surface area contributed by atoms with Gasteiger partial charge in [0.25, 0.3) is 10.0 Å². The van der Waals surface area contributed by atoms with Crippen molar-refractivity contribution in [2.75, 3.05) is 17.4 Å². The molecule has 0 aliphatic carbocycles. The first-order valence-electron chi connectivity index (χ1n) is 13.0. The molecule has 0 saturated heterocycles. The van der Waals surface area contributed by atoms with E-state index in [1.807, 2.05) is 64.1 Å². The van der Waals surface area contributed by atoms with Crippen molar-refractivity contribution in [2.24, 2.45) is 0 Å². The van der Waals surface area contributed by atoms with Crippen LogP contribution in [-0.4, -0.2) is 50.3 Å². The van der Waals surface area contributed by atoms with E-state index in [9.17, 15) is 18.0 Å². The number of sulfonamides is 1. The van der Waals surface area contributed by atoms with Gasteiger partial charge in [-0.15, -0.1) is 0 Å². The lowest BCUT2D eigenvalue weighted by molar-refractivity contribution is -0.139. The normalized spacial score (nSPS) is 12.2. The molecular weight excluding hydrogens is 534 g/mol. The van der Waals surface area contributed by atoms with Gasteiger partial charge in [-0.3, -0.25) is 13.9 Å². The smallest absolute Gasteiger partial charge is 0.264 e. The summed E-state index contributed by atoms with van der Waals surface area (Å²) in [6.07, 6.45) is 0.903. The van der Waals surface area contributed by atoms with Crippen LogP contribution in [0.25, 0.3) is 0 Å². The summed E-state index contributed by atoms with van der Waals surface area (Å²) in [7, 11) is -4.13. The highest BCUT2D eigenvalue weighted by atomic mass is 35.5. The number of anilines is 1. The molecule has 1 atom stereocenters. The molecular formula is C30H36ClN3O4S. The van der Waals surface area contributed by atoms with Gasteiger partial charge in [0.05, 0.1) is 10.6 Å². The van der Waals surface area contributed by atoms with Crippen molar-refractivity contribution in [3.63, 3.8) is 0 Å². The molecule has 0 aliphatic heterocycles. The highest BCUT2D eigenvalue weighted by Crippen LogP contribution is 2.26. The van der Waals surface area contributed by atoms with Gasteiger partial charge in [-0.1, -0.05) is 61.0 Å².